The lowest BCUT2D eigenvalue weighted by molar-refractivity contribution is 0.530. The van der Waals surface area contributed by atoms with Crippen molar-refractivity contribution in [3.8, 4) is 0 Å². The van der Waals surface area contributed by atoms with E-state index in [9.17, 15) is 4.39 Å². The number of rotatable bonds is 3. The summed E-state index contributed by atoms with van der Waals surface area (Å²) in [5.74, 6) is 5.19. The fourth-order valence-corrected chi connectivity index (χ4v) is 2.13. The van der Waals surface area contributed by atoms with Crippen LogP contribution in [0.15, 0.2) is 34.9 Å². The SMILES string of the molecule is Cn1nccc1C(NN)c1cccc(Br)c1F. The van der Waals surface area contributed by atoms with Crippen LogP contribution in [0.4, 0.5) is 4.39 Å². The van der Waals surface area contributed by atoms with Gasteiger partial charge in [0.1, 0.15) is 5.82 Å². The van der Waals surface area contributed by atoms with Crippen molar-refractivity contribution in [3.63, 3.8) is 0 Å². The molecule has 0 aliphatic carbocycles. The summed E-state index contributed by atoms with van der Waals surface area (Å²) in [4.78, 5) is 0. The largest absolute Gasteiger partial charge is 0.271 e. The number of nitrogens with one attached hydrogen (secondary N) is 1. The maximum Gasteiger partial charge on any atom is 0.142 e. The van der Waals surface area contributed by atoms with Gasteiger partial charge in [0.05, 0.1) is 16.2 Å². The smallest absolute Gasteiger partial charge is 0.142 e. The highest BCUT2D eigenvalue weighted by Crippen LogP contribution is 2.27. The van der Waals surface area contributed by atoms with Gasteiger partial charge in [0.15, 0.2) is 0 Å². The van der Waals surface area contributed by atoms with Crippen molar-refractivity contribution >= 4 is 15.9 Å². The van der Waals surface area contributed by atoms with Gasteiger partial charge >= 0.3 is 0 Å². The number of hydrogen-bond donors (Lipinski definition) is 2. The second kappa shape index (κ2) is 4.95. The second-order valence-corrected chi connectivity index (χ2v) is 4.48. The zero-order valence-corrected chi connectivity index (χ0v) is 10.8. The molecule has 3 N–H and O–H groups in total. The highest BCUT2D eigenvalue weighted by Gasteiger charge is 2.20. The molecule has 0 amide bonds. The van der Waals surface area contributed by atoms with E-state index >= 15 is 0 Å². The van der Waals surface area contributed by atoms with E-state index in [0.29, 0.717) is 10.0 Å². The van der Waals surface area contributed by atoms with E-state index in [4.69, 9.17) is 5.84 Å². The first-order chi connectivity index (χ1) is 8.15. The van der Waals surface area contributed by atoms with Crippen LogP contribution in [-0.4, -0.2) is 9.78 Å². The van der Waals surface area contributed by atoms with Gasteiger partial charge in [-0.2, -0.15) is 5.10 Å². The first-order valence-electron chi connectivity index (χ1n) is 5.03. The van der Waals surface area contributed by atoms with Gasteiger partial charge in [-0.1, -0.05) is 12.1 Å². The number of nitrogens with zero attached hydrogens (tertiary/aromatic N) is 2. The molecule has 1 unspecified atom stereocenters. The van der Waals surface area contributed by atoms with Gasteiger partial charge in [0.25, 0.3) is 0 Å². The van der Waals surface area contributed by atoms with Crippen LogP contribution in [0, 0.1) is 5.82 Å². The van der Waals surface area contributed by atoms with E-state index in [1.54, 1.807) is 42.2 Å². The number of halogens is 2. The number of aryl methyl sites for hydroxylation is 1. The molecule has 4 nitrogen and oxygen atoms in total. The molecule has 1 heterocycles. The zero-order chi connectivity index (χ0) is 12.4. The van der Waals surface area contributed by atoms with Crippen molar-refractivity contribution in [2.75, 3.05) is 0 Å². The summed E-state index contributed by atoms with van der Waals surface area (Å²) >= 11 is 3.16. The molecule has 0 fully saturated rings. The van der Waals surface area contributed by atoms with Crippen LogP contribution in [0.3, 0.4) is 0 Å². The van der Waals surface area contributed by atoms with Crippen LogP contribution in [0.2, 0.25) is 0 Å². The molecule has 0 aliphatic rings. The van der Waals surface area contributed by atoms with Crippen LogP contribution in [-0.2, 0) is 7.05 Å². The lowest BCUT2D eigenvalue weighted by Gasteiger charge is -2.17. The summed E-state index contributed by atoms with van der Waals surface area (Å²) in [7, 11) is 1.79. The second-order valence-electron chi connectivity index (χ2n) is 3.62. The lowest BCUT2D eigenvalue weighted by atomic mass is 10.0. The van der Waals surface area contributed by atoms with Gasteiger partial charge in [0, 0.05) is 18.8 Å². The summed E-state index contributed by atoms with van der Waals surface area (Å²) in [5.41, 5.74) is 3.88. The Morgan fingerprint density at radius 3 is 2.82 bits per heavy atom. The molecule has 0 radical (unpaired) electrons. The van der Waals surface area contributed by atoms with Gasteiger partial charge < -0.3 is 0 Å². The molecule has 0 aliphatic heterocycles. The molecule has 0 bridgehead atoms. The van der Waals surface area contributed by atoms with Crippen LogP contribution in [0.25, 0.3) is 0 Å². The van der Waals surface area contributed by atoms with E-state index in [1.165, 1.54) is 0 Å². The van der Waals surface area contributed by atoms with Crippen LogP contribution < -0.4 is 11.3 Å². The van der Waals surface area contributed by atoms with E-state index in [0.717, 1.165) is 5.69 Å². The molecular formula is C11H12BrFN4. The minimum absolute atomic E-state index is 0.323. The maximum atomic E-state index is 14.0. The molecule has 90 valence electrons. The number of hydrazine groups is 1. The Labute approximate surface area is 107 Å². The summed E-state index contributed by atoms with van der Waals surface area (Å²) in [6.45, 7) is 0. The molecule has 2 rings (SSSR count). The number of hydrogen-bond acceptors (Lipinski definition) is 3. The van der Waals surface area contributed by atoms with Gasteiger partial charge in [-0.3, -0.25) is 10.5 Å². The Kier molecular flexibility index (Phi) is 3.56. The Morgan fingerprint density at radius 1 is 1.47 bits per heavy atom. The summed E-state index contributed by atoms with van der Waals surface area (Å²) in [6, 6.07) is 6.47. The third kappa shape index (κ3) is 2.24. The Balaban J connectivity index is 2.50. The van der Waals surface area contributed by atoms with Crippen LogP contribution in [0.1, 0.15) is 17.3 Å². The van der Waals surface area contributed by atoms with E-state index < -0.39 is 6.04 Å². The van der Waals surface area contributed by atoms with Gasteiger partial charge in [-0.25, -0.2) is 9.82 Å². The molecule has 6 heteroatoms. The van der Waals surface area contributed by atoms with Gasteiger partial charge in [-0.15, -0.1) is 0 Å². The first-order valence-corrected chi connectivity index (χ1v) is 5.82. The maximum absolute atomic E-state index is 14.0. The van der Waals surface area contributed by atoms with Crippen molar-refractivity contribution in [1.29, 1.82) is 0 Å². The highest BCUT2D eigenvalue weighted by molar-refractivity contribution is 9.10. The molecule has 17 heavy (non-hydrogen) atoms. The molecule has 0 saturated carbocycles. The topological polar surface area (TPSA) is 55.9 Å². The molecule has 2 aromatic rings. The molecule has 1 aromatic heterocycles. The van der Waals surface area contributed by atoms with Crippen molar-refractivity contribution in [3.05, 3.63) is 52.0 Å². The monoisotopic (exact) mass is 298 g/mol. The quantitative estimate of drug-likeness (QED) is 0.672. The number of nitrogens with two attached hydrogens (primary N) is 1. The minimum Gasteiger partial charge on any atom is -0.271 e. The first kappa shape index (κ1) is 12.2. The van der Waals surface area contributed by atoms with Crippen LogP contribution >= 0.6 is 15.9 Å². The van der Waals surface area contributed by atoms with Gasteiger partial charge in [0.2, 0.25) is 0 Å². The Morgan fingerprint density at radius 2 is 2.24 bits per heavy atom. The summed E-state index contributed by atoms with van der Waals surface area (Å²) in [5, 5.41) is 4.05. The molecule has 0 saturated heterocycles. The minimum atomic E-state index is -0.431. The zero-order valence-electron chi connectivity index (χ0n) is 9.19. The molecular weight excluding hydrogens is 287 g/mol. The van der Waals surface area contributed by atoms with Crippen molar-refractivity contribution < 1.29 is 4.39 Å². The molecule has 0 spiro atoms. The standard InChI is InChI=1S/C11H12BrFN4/c1-17-9(5-6-15-17)11(16-14)7-3-2-4-8(12)10(7)13/h2-6,11,16H,14H2,1H3. The number of benzene rings is 1. The van der Waals surface area contributed by atoms with E-state index in [1.807, 2.05) is 0 Å². The third-order valence-corrected chi connectivity index (χ3v) is 3.23. The molecule has 1 aromatic carbocycles. The summed E-state index contributed by atoms with van der Waals surface area (Å²) in [6.07, 6.45) is 1.65. The van der Waals surface area contributed by atoms with E-state index in [2.05, 4.69) is 26.5 Å². The fourth-order valence-electron chi connectivity index (χ4n) is 1.75. The van der Waals surface area contributed by atoms with E-state index in [-0.39, 0.29) is 5.82 Å². The highest BCUT2D eigenvalue weighted by atomic mass is 79.9. The predicted octanol–water partition coefficient (Wildman–Crippen LogP) is 1.87. The van der Waals surface area contributed by atoms with Crippen molar-refractivity contribution in [2.45, 2.75) is 6.04 Å². The Hall–Kier alpha value is -1.24. The third-order valence-electron chi connectivity index (χ3n) is 2.61. The fraction of sp³-hybridized carbons (Fsp3) is 0.182. The number of aromatic nitrogens is 2. The molecule has 1 atom stereocenters. The average Bonchev–Trinajstić information content (AvgIpc) is 2.72. The summed E-state index contributed by atoms with van der Waals surface area (Å²) < 4.78 is 16.1. The average molecular weight is 299 g/mol. The van der Waals surface area contributed by atoms with Crippen molar-refractivity contribution in [2.24, 2.45) is 12.9 Å². The van der Waals surface area contributed by atoms with Crippen LogP contribution in [0.5, 0.6) is 0 Å². The predicted molar refractivity (Wildman–Crippen MR) is 66.5 cm³/mol. The van der Waals surface area contributed by atoms with Crippen molar-refractivity contribution in [1.82, 2.24) is 15.2 Å². The van der Waals surface area contributed by atoms with Gasteiger partial charge in [-0.05, 0) is 28.1 Å². The Bertz CT molecular complexity index is 526. The lowest BCUT2D eigenvalue weighted by Crippen LogP contribution is -2.31. The normalized spacial score (nSPS) is 12.7.